The molecule has 1 atom stereocenters. The number of carbonyl (C=O) groups excluding carboxylic acids is 1. The van der Waals surface area contributed by atoms with E-state index in [0.717, 1.165) is 24.8 Å². The van der Waals surface area contributed by atoms with Crippen LogP contribution in [-0.2, 0) is 12.8 Å². The molecule has 1 N–H and O–H groups in total. The van der Waals surface area contributed by atoms with Gasteiger partial charge in [-0.1, -0.05) is 39.3 Å². The van der Waals surface area contributed by atoms with Gasteiger partial charge in [-0.3, -0.25) is 4.79 Å². The molecule has 4 heteroatoms. The van der Waals surface area contributed by atoms with Gasteiger partial charge >= 0.3 is 0 Å². The van der Waals surface area contributed by atoms with Gasteiger partial charge in [-0.25, -0.2) is 0 Å². The van der Waals surface area contributed by atoms with Gasteiger partial charge in [0.2, 0.25) is 0 Å². The molecular formula is C21H24N2OS. The molecule has 0 spiro atoms. The first-order valence-corrected chi connectivity index (χ1v) is 9.81. The Labute approximate surface area is 153 Å². The van der Waals surface area contributed by atoms with Crippen molar-refractivity contribution < 1.29 is 4.79 Å². The summed E-state index contributed by atoms with van der Waals surface area (Å²) < 4.78 is 0. The Morgan fingerprint density at radius 2 is 2.08 bits per heavy atom. The summed E-state index contributed by atoms with van der Waals surface area (Å²) in [5.74, 6) is 1.00. The van der Waals surface area contributed by atoms with Gasteiger partial charge in [-0.05, 0) is 54.4 Å². The molecule has 1 aromatic heterocycles. The lowest BCUT2D eigenvalue weighted by Crippen LogP contribution is -2.13. The van der Waals surface area contributed by atoms with Crippen molar-refractivity contribution in [2.75, 3.05) is 5.32 Å². The van der Waals surface area contributed by atoms with E-state index in [9.17, 15) is 10.1 Å². The van der Waals surface area contributed by atoms with E-state index < -0.39 is 0 Å². The van der Waals surface area contributed by atoms with Gasteiger partial charge in [0.05, 0.1) is 5.56 Å². The fraction of sp³-hybridized carbons (Fsp3) is 0.429. The van der Waals surface area contributed by atoms with E-state index in [2.05, 4.69) is 32.2 Å². The molecule has 1 heterocycles. The second kappa shape index (κ2) is 7.41. The lowest BCUT2D eigenvalue weighted by atomic mass is 9.86. The standard InChI is InChI=1S/C21H24N2OS/c1-4-14-5-10-17-18(12-22)21(25-19(17)11-14)23-20(24)16-8-6-15(7-9-16)13(2)3/h6-9,13-14H,4-5,10-11H2,1-3H3,(H,23,24). The number of hydrogen-bond acceptors (Lipinski definition) is 3. The van der Waals surface area contributed by atoms with Crippen molar-refractivity contribution in [3.63, 3.8) is 0 Å². The summed E-state index contributed by atoms with van der Waals surface area (Å²) in [6.45, 7) is 6.49. The molecule has 0 fully saturated rings. The van der Waals surface area contributed by atoms with E-state index in [1.165, 1.54) is 16.9 Å². The summed E-state index contributed by atoms with van der Waals surface area (Å²) in [6.07, 6.45) is 4.29. The number of thiophene rings is 1. The molecule has 1 aromatic carbocycles. The van der Waals surface area contributed by atoms with Crippen LogP contribution in [0.15, 0.2) is 24.3 Å². The van der Waals surface area contributed by atoms with Gasteiger partial charge in [0.25, 0.3) is 5.91 Å². The molecule has 25 heavy (non-hydrogen) atoms. The number of nitrogens with one attached hydrogen (secondary N) is 1. The van der Waals surface area contributed by atoms with Crippen LogP contribution in [0.5, 0.6) is 0 Å². The minimum atomic E-state index is -0.141. The van der Waals surface area contributed by atoms with Crippen molar-refractivity contribution >= 4 is 22.2 Å². The average molecular weight is 353 g/mol. The van der Waals surface area contributed by atoms with Gasteiger partial charge in [0, 0.05) is 10.4 Å². The lowest BCUT2D eigenvalue weighted by Gasteiger charge is -2.20. The van der Waals surface area contributed by atoms with Gasteiger partial charge in [-0.15, -0.1) is 11.3 Å². The van der Waals surface area contributed by atoms with E-state index in [0.29, 0.717) is 28.0 Å². The molecule has 0 bridgehead atoms. The molecule has 1 amide bonds. The zero-order valence-electron chi connectivity index (χ0n) is 15.1. The van der Waals surface area contributed by atoms with Gasteiger partial charge in [-0.2, -0.15) is 5.26 Å². The molecule has 0 radical (unpaired) electrons. The van der Waals surface area contributed by atoms with Crippen molar-refractivity contribution in [2.24, 2.45) is 5.92 Å². The number of rotatable bonds is 4. The minimum absolute atomic E-state index is 0.141. The minimum Gasteiger partial charge on any atom is -0.312 e. The van der Waals surface area contributed by atoms with Gasteiger partial charge < -0.3 is 5.32 Å². The highest BCUT2D eigenvalue weighted by atomic mass is 32.1. The third kappa shape index (κ3) is 3.62. The third-order valence-corrected chi connectivity index (χ3v) is 6.29. The molecule has 0 aliphatic heterocycles. The number of carbonyl (C=O) groups is 1. The molecule has 3 nitrogen and oxygen atoms in total. The number of amides is 1. The number of nitrogens with zero attached hydrogens (tertiary/aromatic N) is 1. The number of fused-ring (bicyclic) bond motifs is 1. The Bertz CT molecular complexity index is 812. The van der Waals surface area contributed by atoms with Crippen LogP contribution < -0.4 is 5.32 Å². The van der Waals surface area contributed by atoms with Crippen LogP contribution >= 0.6 is 11.3 Å². The second-order valence-electron chi connectivity index (χ2n) is 7.07. The summed E-state index contributed by atoms with van der Waals surface area (Å²) in [6, 6.07) is 10.0. The Balaban J connectivity index is 1.82. The number of hydrogen-bond donors (Lipinski definition) is 1. The van der Waals surface area contributed by atoms with Crippen LogP contribution in [0.3, 0.4) is 0 Å². The van der Waals surface area contributed by atoms with E-state index in [1.807, 2.05) is 24.3 Å². The molecule has 130 valence electrons. The van der Waals surface area contributed by atoms with E-state index >= 15 is 0 Å². The first-order chi connectivity index (χ1) is 12.0. The Hall–Kier alpha value is -2.12. The normalized spacial score (nSPS) is 16.4. The smallest absolute Gasteiger partial charge is 0.256 e. The maximum atomic E-state index is 12.6. The predicted octanol–water partition coefficient (Wildman–Crippen LogP) is 5.51. The highest BCUT2D eigenvalue weighted by molar-refractivity contribution is 7.16. The number of anilines is 1. The number of benzene rings is 1. The van der Waals surface area contributed by atoms with Crippen molar-refractivity contribution in [1.29, 1.82) is 5.26 Å². The van der Waals surface area contributed by atoms with Crippen LogP contribution in [0, 0.1) is 17.2 Å². The Kier molecular flexibility index (Phi) is 5.24. The summed E-state index contributed by atoms with van der Waals surface area (Å²) in [5.41, 5.74) is 3.67. The van der Waals surface area contributed by atoms with Crippen molar-refractivity contribution in [2.45, 2.75) is 52.4 Å². The van der Waals surface area contributed by atoms with Gasteiger partial charge in [0.1, 0.15) is 11.1 Å². The summed E-state index contributed by atoms with van der Waals surface area (Å²) >= 11 is 1.58. The predicted molar refractivity (Wildman–Crippen MR) is 103 cm³/mol. The van der Waals surface area contributed by atoms with Crippen molar-refractivity contribution in [3.05, 3.63) is 51.4 Å². The summed E-state index contributed by atoms with van der Waals surface area (Å²) in [5, 5.41) is 13.3. The first-order valence-electron chi connectivity index (χ1n) is 8.99. The van der Waals surface area contributed by atoms with Crippen LogP contribution in [-0.4, -0.2) is 5.91 Å². The SMILES string of the molecule is CCC1CCc2c(sc(NC(=O)c3ccc(C(C)C)cc3)c2C#N)C1. The highest BCUT2D eigenvalue weighted by Gasteiger charge is 2.25. The summed E-state index contributed by atoms with van der Waals surface area (Å²) in [4.78, 5) is 13.9. The Morgan fingerprint density at radius 3 is 2.68 bits per heavy atom. The third-order valence-electron chi connectivity index (χ3n) is 5.12. The molecule has 2 aromatic rings. The van der Waals surface area contributed by atoms with E-state index in [-0.39, 0.29) is 5.91 Å². The maximum absolute atomic E-state index is 12.6. The molecule has 3 rings (SSSR count). The van der Waals surface area contributed by atoms with E-state index in [4.69, 9.17) is 0 Å². The Morgan fingerprint density at radius 1 is 1.36 bits per heavy atom. The topological polar surface area (TPSA) is 52.9 Å². The lowest BCUT2D eigenvalue weighted by molar-refractivity contribution is 0.102. The fourth-order valence-corrected chi connectivity index (χ4v) is 4.71. The molecular weight excluding hydrogens is 328 g/mol. The van der Waals surface area contributed by atoms with Crippen molar-refractivity contribution in [1.82, 2.24) is 0 Å². The molecule has 1 unspecified atom stereocenters. The average Bonchev–Trinajstić information content (AvgIpc) is 2.97. The quantitative estimate of drug-likeness (QED) is 0.788. The zero-order chi connectivity index (χ0) is 18.0. The van der Waals surface area contributed by atoms with E-state index in [1.54, 1.807) is 11.3 Å². The monoisotopic (exact) mass is 352 g/mol. The van der Waals surface area contributed by atoms with Crippen LogP contribution in [0.1, 0.15) is 71.5 Å². The zero-order valence-corrected chi connectivity index (χ0v) is 15.9. The maximum Gasteiger partial charge on any atom is 0.256 e. The summed E-state index contributed by atoms with van der Waals surface area (Å²) in [7, 11) is 0. The fourth-order valence-electron chi connectivity index (χ4n) is 3.40. The van der Waals surface area contributed by atoms with Crippen LogP contribution in [0.4, 0.5) is 5.00 Å². The molecule has 0 saturated heterocycles. The number of nitriles is 1. The molecule has 1 aliphatic carbocycles. The largest absolute Gasteiger partial charge is 0.312 e. The first kappa shape index (κ1) is 17.7. The molecule has 1 aliphatic rings. The second-order valence-corrected chi connectivity index (χ2v) is 8.17. The van der Waals surface area contributed by atoms with Crippen LogP contribution in [0.25, 0.3) is 0 Å². The highest BCUT2D eigenvalue weighted by Crippen LogP contribution is 2.40. The van der Waals surface area contributed by atoms with Gasteiger partial charge in [0.15, 0.2) is 0 Å². The molecule has 0 saturated carbocycles. The van der Waals surface area contributed by atoms with Crippen molar-refractivity contribution in [3.8, 4) is 6.07 Å². The van der Waals surface area contributed by atoms with Crippen LogP contribution in [0.2, 0.25) is 0 Å².